The molecule has 1 heterocycles. The van der Waals surface area contributed by atoms with Crippen molar-refractivity contribution in [2.45, 2.75) is 37.2 Å². The zero-order valence-corrected chi connectivity index (χ0v) is 19.2. The molecule has 0 saturated heterocycles. The van der Waals surface area contributed by atoms with Gasteiger partial charge in [-0.3, -0.25) is 4.79 Å². The van der Waals surface area contributed by atoms with Crippen molar-refractivity contribution in [3.63, 3.8) is 0 Å². The number of carbonyl (C=O) groups is 1. The first-order valence-electron chi connectivity index (χ1n) is 9.94. The van der Waals surface area contributed by atoms with Gasteiger partial charge in [-0.05, 0) is 31.4 Å². The zero-order valence-electron chi connectivity index (χ0n) is 18.3. The summed E-state index contributed by atoms with van der Waals surface area (Å²) in [6, 6.07) is 9.08. The number of ether oxygens (including phenoxy) is 3. The van der Waals surface area contributed by atoms with Gasteiger partial charge in [0.25, 0.3) is 0 Å². The lowest BCUT2D eigenvalue weighted by Crippen LogP contribution is -2.48. The van der Waals surface area contributed by atoms with Gasteiger partial charge < -0.3 is 19.5 Å². The molecule has 0 spiro atoms. The van der Waals surface area contributed by atoms with E-state index in [1.165, 1.54) is 37.8 Å². The van der Waals surface area contributed by atoms with Crippen molar-refractivity contribution in [2.24, 2.45) is 0 Å². The lowest BCUT2D eigenvalue weighted by Gasteiger charge is -2.35. The second-order valence-corrected chi connectivity index (χ2v) is 9.38. The number of sulfonamides is 1. The van der Waals surface area contributed by atoms with Crippen LogP contribution in [0.3, 0.4) is 0 Å². The summed E-state index contributed by atoms with van der Waals surface area (Å²) in [4.78, 5) is 13.1. The molecular weight excluding hydrogens is 420 g/mol. The Morgan fingerprint density at radius 3 is 2.23 bits per heavy atom. The maximum absolute atomic E-state index is 13.7. The Hall–Kier alpha value is -2.78. The lowest BCUT2D eigenvalue weighted by molar-refractivity contribution is -0.125. The first-order valence-corrected chi connectivity index (χ1v) is 11.4. The summed E-state index contributed by atoms with van der Waals surface area (Å²) < 4.78 is 44.6. The van der Waals surface area contributed by atoms with E-state index >= 15 is 0 Å². The molecule has 0 bridgehead atoms. The van der Waals surface area contributed by atoms with Crippen LogP contribution in [0.4, 0.5) is 0 Å². The third-order valence-electron chi connectivity index (χ3n) is 5.16. The van der Waals surface area contributed by atoms with E-state index in [4.69, 9.17) is 14.2 Å². The molecular formula is C22H28N2O6S. The third-order valence-corrected chi connectivity index (χ3v) is 7.01. The maximum Gasteiger partial charge on any atom is 0.244 e. The molecule has 2 aromatic rings. The van der Waals surface area contributed by atoms with Gasteiger partial charge in [0.15, 0.2) is 11.5 Å². The van der Waals surface area contributed by atoms with Crippen LogP contribution in [0.2, 0.25) is 0 Å². The average molecular weight is 449 g/mol. The molecule has 1 atom stereocenters. The van der Waals surface area contributed by atoms with Crippen molar-refractivity contribution < 1.29 is 27.4 Å². The predicted molar refractivity (Wildman–Crippen MR) is 116 cm³/mol. The molecule has 1 N–H and O–H groups in total. The van der Waals surface area contributed by atoms with Crippen LogP contribution in [0.5, 0.6) is 17.2 Å². The van der Waals surface area contributed by atoms with Crippen LogP contribution in [-0.2, 0) is 21.2 Å². The topological polar surface area (TPSA) is 94.2 Å². The molecule has 0 unspecified atom stereocenters. The third kappa shape index (κ3) is 4.33. The molecule has 9 heteroatoms. The van der Waals surface area contributed by atoms with Gasteiger partial charge in [-0.1, -0.05) is 24.3 Å². The van der Waals surface area contributed by atoms with Crippen LogP contribution in [0.25, 0.3) is 0 Å². The van der Waals surface area contributed by atoms with Gasteiger partial charge in [-0.25, -0.2) is 8.42 Å². The Balaban J connectivity index is 2.14. The van der Waals surface area contributed by atoms with Crippen molar-refractivity contribution >= 4 is 15.9 Å². The number of amides is 1. The van der Waals surface area contributed by atoms with E-state index in [1.807, 2.05) is 32.0 Å². The molecule has 2 aromatic carbocycles. The minimum atomic E-state index is -4.07. The maximum atomic E-state index is 13.7. The summed E-state index contributed by atoms with van der Waals surface area (Å²) in [6.45, 7) is 3.85. The van der Waals surface area contributed by atoms with Gasteiger partial charge in [-0.15, -0.1) is 0 Å². The molecule has 8 nitrogen and oxygen atoms in total. The minimum absolute atomic E-state index is 0.0382. The fraction of sp³-hybridized carbons (Fsp3) is 0.409. The summed E-state index contributed by atoms with van der Waals surface area (Å²) in [7, 11) is 0.220. The number of nitrogens with zero attached hydrogens (tertiary/aromatic N) is 1. The normalized spacial score (nSPS) is 16.5. The van der Waals surface area contributed by atoms with Crippen LogP contribution in [0, 0.1) is 0 Å². The molecule has 31 heavy (non-hydrogen) atoms. The second-order valence-electron chi connectivity index (χ2n) is 7.49. The molecule has 1 aliphatic heterocycles. The number of rotatable bonds is 7. The van der Waals surface area contributed by atoms with Gasteiger partial charge in [0.05, 0.1) is 26.2 Å². The second kappa shape index (κ2) is 9.15. The Morgan fingerprint density at radius 1 is 1.06 bits per heavy atom. The largest absolute Gasteiger partial charge is 0.493 e. The van der Waals surface area contributed by atoms with Crippen molar-refractivity contribution in [1.29, 1.82) is 0 Å². The van der Waals surface area contributed by atoms with E-state index in [9.17, 15) is 13.2 Å². The quantitative estimate of drug-likeness (QED) is 0.700. The zero-order chi connectivity index (χ0) is 22.8. The Labute approximate surface area is 183 Å². The van der Waals surface area contributed by atoms with Gasteiger partial charge >= 0.3 is 0 Å². The number of fused-ring (bicyclic) bond motifs is 1. The van der Waals surface area contributed by atoms with Gasteiger partial charge in [0, 0.05) is 24.7 Å². The SMILES string of the molecule is COc1cc(S(=O)(=O)N2CCc3ccccc3[C@H]2C(=O)NC(C)C)cc(OC)c1OC. The summed E-state index contributed by atoms with van der Waals surface area (Å²) in [5.41, 5.74) is 1.64. The van der Waals surface area contributed by atoms with Gasteiger partial charge in [0.2, 0.25) is 21.7 Å². The van der Waals surface area contributed by atoms with Crippen LogP contribution in [0.1, 0.15) is 31.0 Å². The fourth-order valence-electron chi connectivity index (χ4n) is 3.78. The van der Waals surface area contributed by atoms with Crippen LogP contribution >= 0.6 is 0 Å². The number of hydrogen-bond donors (Lipinski definition) is 1. The van der Waals surface area contributed by atoms with Crippen LogP contribution < -0.4 is 19.5 Å². The van der Waals surface area contributed by atoms with Crippen molar-refractivity contribution in [2.75, 3.05) is 27.9 Å². The summed E-state index contributed by atoms with van der Waals surface area (Å²) in [5.74, 6) is 0.377. The monoisotopic (exact) mass is 448 g/mol. The Morgan fingerprint density at radius 2 is 1.68 bits per heavy atom. The fourth-order valence-corrected chi connectivity index (χ4v) is 5.38. The molecule has 0 aliphatic carbocycles. The van der Waals surface area contributed by atoms with Crippen molar-refractivity contribution in [1.82, 2.24) is 9.62 Å². The number of nitrogens with one attached hydrogen (secondary N) is 1. The van der Waals surface area contributed by atoms with Crippen molar-refractivity contribution in [3.05, 3.63) is 47.5 Å². The molecule has 0 aromatic heterocycles. The standard InChI is InChI=1S/C22H28N2O6S/c1-14(2)23-22(25)20-17-9-7-6-8-15(17)10-11-24(20)31(26,27)16-12-18(28-3)21(30-5)19(13-16)29-4/h6-9,12-14,20H,10-11H2,1-5H3,(H,23,25)/t20-/m0/s1. The number of carbonyl (C=O) groups excluding carboxylic acids is 1. The Bertz CT molecular complexity index is 1040. The van der Waals surface area contributed by atoms with E-state index in [0.29, 0.717) is 17.7 Å². The minimum Gasteiger partial charge on any atom is -0.493 e. The van der Waals surface area contributed by atoms with E-state index in [-0.39, 0.29) is 34.9 Å². The number of hydrogen-bond acceptors (Lipinski definition) is 6. The smallest absolute Gasteiger partial charge is 0.244 e. The van der Waals surface area contributed by atoms with Gasteiger partial charge in [0.1, 0.15) is 6.04 Å². The highest BCUT2D eigenvalue weighted by Crippen LogP contribution is 2.42. The highest BCUT2D eigenvalue weighted by molar-refractivity contribution is 7.89. The average Bonchev–Trinajstić information content (AvgIpc) is 2.76. The first kappa shape index (κ1) is 22.9. The molecule has 168 valence electrons. The van der Waals surface area contributed by atoms with E-state index in [1.54, 1.807) is 6.07 Å². The Kier molecular flexibility index (Phi) is 6.76. The highest BCUT2D eigenvalue weighted by Gasteiger charge is 2.41. The van der Waals surface area contributed by atoms with Crippen LogP contribution in [-0.4, -0.2) is 52.5 Å². The lowest BCUT2D eigenvalue weighted by atomic mass is 9.94. The molecule has 1 amide bonds. The molecule has 0 fully saturated rings. The summed E-state index contributed by atoms with van der Waals surface area (Å²) in [5, 5.41) is 2.86. The molecule has 3 rings (SSSR count). The summed E-state index contributed by atoms with van der Waals surface area (Å²) >= 11 is 0. The van der Waals surface area contributed by atoms with Crippen molar-refractivity contribution in [3.8, 4) is 17.2 Å². The highest BCUT2D eigenvalue weighted by atomic mass is 32.2. The van der Waals surface area contributed by atoms with E-state index < -0.39 is 16.1 Å². The number of methoxy groups -OCH3 is 3. The van der Waals surface area contributed by atoms with E-state index in [0.717, 1.165) is 5.56 Å². The van der Waals surface area contributed by atoms with E-state index in [2.05, 4.69) is 5.32 Å². The molecule has 0 radical (unpaired) electrons. The molecule has 1 aliphatic rings. The summed E-state index contributed by atoms with van der Waals surface area (Å²) in [6.07, 6.45) is 0.505. The first-order chi connectivity index (χ1) is 14.7. The molecule has 0 saturated carbocycles. The van der Waals surface area contributed by atoms with Crippen LogP contribution in [0.15, 0.2) is 41.3 Å². The van der Waals surface area contributed by atoms with Gasteiger partial charge in [-0.2, -0.15) is 4.31 Å². The number of benzene rings is 2. The predicted octanol–water partition coefficient (Wildman–Crippen LogP) is 2.53.